The first-order valence-electron chi connectivity index (χ1n) is 6.67. The fraction of sp³-hybridized carbons (Fsp3) is 0.538. The van der Waals surface area contributed by atoms with Crippen molar-refractivity contribution in [2.24, 2.45) is 7.05 Å². The Morgan fingerprint density at radius 1 is 1.40 bits per heavy atom. The third-order valence-electron chi connectivity index (χ3n) is 3.94. The molecule has 0 amide bonds. The fourth-order valence-corrected chi connectivity index (χ4v) is 2.79. The Morgan fingerprint density at radius 3 is 2.90 bits per heavy atom. The highest BCUT2D eigenvalue weighted by Gasteiger charge is 2.37. The van der Waals surface area contributed by atoms with Crippen LogP contribution < -0.4 is 4.74 Å². The van der Waals surface area contributed by atoms with Crippen LogP contribution in [-0.2, 0) is 11.8 Å². The van der Waals surface area contributed by atoms with Crippen molar-refractivity contribution in [2.45, 2.75) is 12.1 Å². The summed E-state index contributed by atoms with van der Waals surface area (Å²) in [6.07, 6.45) is 1.97. The molecule has 0 bridgehead atoms. The van der Waals surface area contributed by atoms with Gasteiger partial charge in [0.2, 0.25) is 0 Å². The maximum absolute atomic E-state index is 6.05. The average Bonchev–Trinajstić information content (AvgIpc) is 2.66. The quantitative estimate of drug-likeness (QED) is 0.793. The number of hydrogen-bond acceptors (Lipinski definition) is 5. The van der Waals surface area contributed by atoms with E-state index >= 15 is 0 Å². The van der Waals surface area contributed by atoms with Crippen LogP contribution in [0.25, 0.3) is 11.0 Å². The van der Waals surface area contributed by atoms with Crippen molar-refractivity contribution in [1.82, 2.24) is 19.7 Å². The number of ether oxygens (including phenoxy) is 2. The van der Waals surface area contributed by atoms with Gasteiger partial charge in [-0.1, -0.05) is 11.6 Å². The van der Waals surface area contributed by atoms with Crippen LogP contribution in [0.3, 0.4) is 0 Å². The smallest absolute Gasteiger partial charge is 0.162 e. The SMILES string of the molecule is Cn1ncc2c(OC3CN(C4COC4)C3)cc(Cl)nc21. The van der Waals surface area contributed by atoms with Crippen LogP contribution in [0, 0.1) is 0 Å². The molecule has 6 nitrogen and oxygen atoms in total. The van der Waals surface area contributed by atoms with Gasteiger partial charge in [-0.15, -0.1) is 0 Å². The molecule has 0 atom stereocenters. The molecule has 0 radical (unpaired) electrons. The predicted octanol–water partition coefficient (Wildman–Crippen LogP) is 1.08. The van der Waals surface area contributed by atoms with Gasteiger partial charge in [-0.2, -0.15) is 5.10 Å². The Morgan fingerprint density at radius 2 is 2.20 bits per heavy atom. The molecule has 2 aliphatic heterocycles. The van der Waals surface area contributed by atoms with Crippen LogP contribution in [0.2, 0.25) is 5.15 Å². The Bertz CT molecular complexity index is 649. The van der Waals surface area contributed by atoms with Crippen molar-refractivity contribution in [2.75, 3.05) is 26.3 Å². The number of nitrogens with zero attached hydrogens (tertiary/aromatic N) is 4. The number of aromatic nitrogens is 3. The third-order valence-corrected chi connectivity index (χ3v) is 4.14. The van der Waals surface area contributed by atoms with Crippen LogP contribution in [-0.4, -0.2) is 58.1 Å². The molecule has 2 aromatic heterocycles. The molecule has 7 heteroatoms. The lowest BCUT2D eigenvalue weighted by atomic mass is 10.1. The summed E-state index contributed by atoms with van der Waals surface area (Å²) >= 11 is 6.05. The van der Waals surface area contributed by atoms with E-state index in [1.54, 1.807) is 16.9 Å². The molecule has 0 spiro atoms. The molecule has 2 fully saturated rings. The summed E-state index contributed by atoms with van der Waals surface area (Å²) < 4.78 is 12.9. The van der Waals surface area contributed by atoms with E-state index in [0.717, 1.165) is 43.1 Å². The number of aryl methyl sites for hydroxylation is 1. The molecular formula is C13H15ClN4O2. The first kappa shape index (κ1) is 12.4. The lowest BCUT2D eigenvalue weighted by Crippen LogP contribution is -2.62. The molecule has 20 heavy (non-hydrogen) atoms. The summed E-state index contributed by atoms with van der Waals surface area (Å²) in [4.78, 5) is 6.66. The molecule has 106 valence electrons. The first-order valence-corrected chi connectivity index (χ1v) is 7.05. The second-order valence-corrected chi connectivity index (χ2v) is 5.72. The summed E-state index contributed by atoms with van der Waals surface area (Å²) in [6, 6.07) is 2.34. The lowest BCUT2D eigenvalue weighted by Gasteiger charge is -2.46. The van der Waals surface area contributed by atoms with E-state index in [-0.39, 0.29) is 6.10 Å². The normalized spacial score (nSPS) is 20.9. The van der Waals surface area contributed by atoms with Crippen LogP contribution >= 0.6 is 11.6 Å². The highest BCUT2D eigenvalue weighted by atomic mass is 35.5. The minimum atomic E-state index is 0.206. The molecule has 2 saturated heterocycles. The number of likely N-dealkylation sites (tertiary alicyclic amines) is 1. The van der Waals surface area contributed by atoms with E-state index in [9.17, 15) is 0 Å². The summed E-state index contributed by atoms with van der Waals surface area (Å²) in [5.41, 5.74) is 0.746. The van der Waals surface area contributed by atoms with Gasteiger partial charge < -0.3 is 9.47 Å². The van der Waals surface area contributed by atoms with E-state index in [0.29, 0.717) is 11.2 Å². The Labute approximate surface area is 121 Å². The van der Waals surface area contributed by atoms with Gasteiger partial charge in [0.25, 0.3) is 0 Å². The van der Waals surface area contributed by atoms with Crippen LogP contribution in [0.15, 0.2) is 12.3 Å². The summed E-state index contributed by atoms with van der Waals surface area (Å²) in [6.45, 7) is 3.58. The monoisotopic (exact) mass is 294 g/mol. The predicted molar refractivity (Wildman–Crippen MR) is 74.1 cm³/mol. The first-order chi connectivity index (χ1) is 9.70. The van der Waals surface area contributed by atoms with Gasteiger partial charge in [0, 0.05) is 26.2 Å². The van der Waals surface area contributed by atoms with Crippen molar-refractivity contribution >= 4 is 22.6 Å². The zero-order valence-corrected chi connectivity index (χ0v) is 11.9. The highest BCUT2D eigenvalue weighted by Crippen LogP contribution is 2.30. The molecule has 0 aromatic carbocycles. The van der Waals surface area contributed by atoms with Gasteiger partial charge in [0.1, 0.15) is 17.0 Å². The topological polar surface area (TPSA) is 52.4 Å². The maximum Gasteiger partial charge on any atom is 0.162 e. The Balaban J connectivity index is 1.51. The zero-order chi connectivity index (χ0) is 13.7. The van der Waals surface area contributed by atoms with Gasteiger partial charge in [0.15, 0.2) is 5.65 Å². The number of halogens is 1. The molecule has 0 saturated carbocycles. The van der Waals surface area contributed by atoms with E-state index in [1.165, 1.54) is 0 Å². The van der Waals surface area contributed by atoms with Crippen molar-refractivity contribution in [3.05, 3.63) is 17.4 Å². The Hall–Kier alpha value is -1.37. The second-order valence-electron chi connectivity index (χ2n) is 5.33. The molecule has 0 unspecified atom stereocenters. The third kappa shape index (κ3) is 1.95. The van der Waals surface area contributed by atoms with Gasteiger partial charge in [-0.3, -0.25) is 9.58 Å². The minimum Gasteiger partial charge on any atom is -0.487 e. The number of hydrogen-bond donors (Lipinski definition) is 0. The molecule has 2 aromatic rings. The van der Waals surface area contributed by atoms with Crippen molar-refractivity contribution in [3.8, 4) is 5.75 Å². The summed E-state index contributed by atoms with van der Waals surface area (Å²) in [7, 11) is 1.84. The van der Waals surface area contributed by atoms with Crippen molar-refractivity contribution in [1.29, 1.82) is 0 Å². The number of pyridine rings is 1. The molecule has 0 N–H and O–H groups in total. The summed E-state index contributed by atoms with van der Waals surface area (Å²) in [5, 5.41) is 5.54. The number of fused-ring (bicyclic) bond motifs is 1. The fourth-order valence-electron chi connectivity index (χ4n) is 2.61. The number of rotatable bonds is 3. The Kier molecular flexibility index (Phi) is 2.83. The molecule has 2 aliphatic rings. The van der Waals surface area contributed by atoms with Gasteiger partial charge in [-0.05, 0) is 0 Å². The van der Waals surface area contributed by atoms with Crippen molar-refractivity contribution < 1.29 is 9.47 Å². The minimum absolute atomic E-state index is 0.206. The zero-order valence-electron chi connectivity index (χ0n) is 11.1. The van der Waals surface area contributed by atoms with Crippen LogP contribution in [0.5, 0.6) is 5.75 Å². The highest BCUT2D eigenvalue weighted by molar-refractivity contribution is 6.30. The van der Waals surface area contributed by atoms with Gasteiger partial charge >= 0.3 is 0 Å². The average molecular weight is 295 g/mol. The van der Waals surface area contributed by atoms with E-state index in [4.69, 9.17) is 21.1 Å². The van der Waals surface area contributed by atoms with Crippen LogP contribution in [0.1, 0.15) is 0 Å². The maximum atomic E-state index is 6.05. The van der Waals surface area contributed by atoms with Gasteiger partial charge in [0.05, 0.1) is 30.8 Å². The van der Waals surface area contributed by atoms with Gasteiger partial charge in [-0.25, -0.2) is 4.98 Å². The lowest BCUT2D eigenvalue weighted by molar-refractivity contribution is -0.115. The van der Waals surface area contributed by atoms with E-state index < -0.39 is 0 Å². The van der Waals surface area contributed by atoms with E-state index in [2.05, 4.69) is 15.0 Å². The molecular weight excluding hydrogens is 280 g/mol. The largest absolute Gasteiger partial charge is 0.487 e. The van der Waals surface area contributed by atoms with Crippen LogP contribution in [0.4, 0.5) is 0 Å². The van der Waals surface area contributed by atoms with Crippen molar-refractivity contribution in [3.63, 3.8) is 0 Å². The molecule has 4 rings (SSSR count). The standard InChI is InChI=1S/C13H15ClN4O2/c1-17-13-10(3-15-17)11(2-12(14)16-13)20-9-4-18(5-9)8-6-19-7-8/h2-3,8-9H,4-7H2,1H3. The molecule has 4 heterocycles. The molecule has 0 aliphatic carbocycles. The van der Waals surface area contributed by atoms with E-state index in [1.807, 2.05) is 7.05 Å². The summed E-state index contributed by atoms with van der Waals surface area (Å²) in [5.74, 6) is 0.766. The second kappa shape index (κ2) is 4.58.